The van der Waals surface area contributed by atoms with Crippen LogP contribution in [0.5, 0.6) is 0 Å². The SMILES string of the molecule is O=C(c1ccc(NS(=O)(=O)c2cccs2)cc1)N1CCN(S(=O)(=O)/C=C/c2ccccc2)CC1. The molecule has 11 heteroatoms. The van der Waals surface area contributed by atoms with Crippen LogP contribution in [0.2, 0.25) is 0 Å². The van der Waals surface area contributed by atoms with Gasteiger partial charge in [0.2, 0.25) is 10.0 Å². The molecule has 1 fully saturated rings. The lowest BCUT2D eigenvalue weighted by Crippen LogP contribution is -2.50. The van der Waals surface area contributed by atoms with Gasteiger partial charge in [-0.2, -0.15) is 4.31 Å². The minimum Gasteiger partial charge on any atom is -0.336 e. The molecule has 0 spiro atoms. The molecule has 1 saturated heterocycles. The number of carbonyl (C=O) groups excluding carboxylic acids is 1. The van der Waals surface area contributed by atoms with Crippen LogP contribution < -0.4 is 4.72 Å². The minimum absolute atomic E-state index is 0.200. The van der Waals surface area contributed by atoms with Crippen molar-refractivity contribution in [1.29, 1.82) is 0 Å². The van der Waals surface area contributed by atoms with E-state index in [0.29, 0.717) is 11.3 Å². The summed E-state index contributed by atoms with van der Waals surface area (Å²) in [4.78, 5) is 14.5. The Morgan fingerprint density at radius 3 is 2.15 bits per heavy atom. The number of sulfonamides is 2. The number of hydrogen-bond donors (Lipinski definition) is 1. The molecule has 3 aromatic rings. The average Bonchev–Trinajstić information content (AvgIpc) is 3.40. The predicted octanol–water partition coefficient (Wildman–Crippen LogP) is 3.31. The molecule has 178 valence electrons. The first-order valence-electron chi connectivity index (χ1n) is 10.4. The molecule has 1 amide bonds. The highest BCUT2D eigenvalue weighted by atomic mass is 32.2. The van der Waals surface area contributed by atoms with E-state index in [1.807, 2.05) is 30.3 Å². The predicted molar refractivity (Wildman–Crippen MR) is 133 cm³/mol. The lowest BCUT2D eigenvalue weighted by Gasteiger charge is -2.33. The average molecular weight is 518 g/mol. The molecule has 0 unspecified atom stereocenters. The largest absolute Gasteiger partial charge is 0.336 e. The molecule has 0 radical (unpaired) electrons. The van der Waals surface area contributed by atoms with E-state index >= 15 is 0 Å². The lowest BCUT2D eigenvalue weighted by atomic mass is 10.1. The summed E-state index contributed by atoms with van der Waals surface area (Å²) in [6.07, 6.45) is 1.56. The molecule has 1 aliphatic heterocycles. The van der Waals surface area contributed by atoms with Gasteiger partial charge in [0.25, 0.3) is 15.9 Å². The number of carbonyl (C=O) groups is 1. The van der Waals surface area contributed by atoms with E-state index in [4.69, 9.17) is 0 Å². The van der Waals surface area contributed by atoms with E-state index in [1.165, 1.54) is 27.9 Å². The first-order valence-corrected chi connectivity index (χ1v) is 14.3. The van der Waals surface area contributed by atoms with Gasteiger partial charge in [0, 0.05) is 42.8 Å². The summed E-state index contributed by atoms with van der Waals surface area (Å²) in [7, 11) is -7.25. The number of hydrogen-bond acceptors (Lipinski definition) is 6. The van der Waals surface area contributed by atoms with Crippen LogP contribution in [-0.4, -0.2) is 58.1 Å². The molecule has 0 saturated carbocycles. The van der Waals surface area contributed by atoms with Gasteiger partial charge in [-0.25, -0.2) is 16.8 Å². The van der Waals surface area contributed by atoms with E-state index in [9.17, 15) is 21.6 Å². The van der Waals surface area contributed by atoms with Crippen LogP contribution in [-0.2, 0) is 20.0 Å². The maximum absolute atomic E-state index is 12.9. The number of piperazine rings is 1. The molecule has 34 heavy (non-hydrogen) atoms. The third-order valence-electron chi connectivity index (χ3n) is 5.26. The third-order valence-corrected chi connectivity index (χ3v) is 9.61. The summed E-state index contributed by atoms with van der Waals surface area (Å²) in [5.74, 6) is -0.232. The second-order valence-corrected chi connectivity index (χ2v) is 12.2. The summed E-state index contributed by atoms with van der Waals surface area (Å²) >= 11 is 1.12. The summed E-state index contributed by atoms with van der Waals surface area (Å²) in [5.41, 5.74) is 1.55. The normalized spacial score (nSPS) is 15.5. The summed E-state index contributed by atoms with van der Waals surface area (Å²) < 4.78 is 54.0. The van der Waals surface area contributed by atoms with Gasteiger partial charge in [0.1, 0.15) is 4.21 Å². The first-order chi connectivity index (χ1) is 16.2. The van der Waals surface area contributed by atoms with Crippen molar-refractivity contribution in [3.05, 3.63) is 88.6 Å². The molecule has 8 nitrogen and oxygen atoms in total. The van der Waals surface area contributed by atoms with Crippen molar-refractivity contribution in [3.8, 4) is 0 Å². The third kappa shape index (κ3) is 5.73. The van der Waals surface area contributed by atoms with Crippen molar-refractivity contribution in [2.24, 2.45) is 0 Å². The van der Waals surface area contributed by atoms with Gasteiger partial charge in [-0.3, -0.25) is 9.52 Å². The minimum atomic E-state index is -3.66. The van der Waals surface area contributed by atoms with Crippen molar-refractivity contribution in [2.45, 2.75) is 4.21 Å². The standard InChI is InChI=1S/C23H23N3O5S3/c27-23(20-8-10-21(11-9-20)24-34(30,31)22-7-4-17-32-22)25-13-15-26(16-14-25)33(28,29)18-12-19-5-2-1-3-6-19/h1-12,17-18,24H,13-16H2/b18-12+. The fraction of sp³-hybridized carbons (Fsp3) is 0.174. The zero-order valence-corrected chi connectivity index (χ0v) is 20.5. The van der Waals surface area contributed by atoms with Crippen molar-refractivity contribution in [2.75, 3.05) is 30.9 Å². The van der Waals surface area contributed by atoms with Gasteiger partial charge in [-0.05, 0) is 47.4 Å². The Bertz CT molecular complexity index is 1360. The number of nitrogens with one attached hydrogen (secondary N) is 1. The highest BCUT2D eigenvalue weighted by Gasteiger charge is 2.28. The topological polar surface area (TPSA) is 104 Å². The van der Waals surface area contributed by atoms with E-state index in [2.05, 4.69) is 4.72 Å². The Balaban J connectivity index is 1.34. The molecular weight excluding hydrogens is 494 g/mol. The maximum Gasteiger partial charge on any atom is 0.271 e. The Labute approximate surface area is 203 Å². The fourth-order valence-electron chi connectivity index (χ4n) is 3.45. The van der Waals surface area contributed by atoms with Crippen molar-refractivity contribution < 1.29 is 21.6 Å². The Kier molecular flexibility index (Phi) is 7.17. The van der Waals surface area contributed by atoms with Crippen LogP contribution in [0.1, 0.15) is 15.9 Å². The van der Waals surface area contributed by atoms with E-state index in [0.717, 1.165) is 16.9 Å². The molecule has 2 heterocycles. The van der Waals surface area contributed by atoms with E-state index in [1.54, 1.807) is 34.6 Å². The van der Waals surface area contributed by atoms with Crippen LogP contribution in [0.3, 0.4) is 0 Å². The number of anilines is 1. The summed E-state index contributed by atoms with van der Waals surface area (Å²) in [5, 5.41) is 2.87. The Morgan fingerprint density at radius 1 is 0.853 bits per heavy atom. The molecule has 1 N–H and O–H groups in total. The zero-order chi connectivity index (χ0) is 24.2. The number of thiophene rings is 1. The number of nitrogens with zero attached hydrogens (tertiary/aromatic N) is 2. The van der Waals surface area contributed by atoms with Crippen LogP contribution in [0.25, 0.3) is 6.08 Å². The van der Waals surface area contributed by atoms with Crippen LogP contribution in [0.4, 0.5) is 5.69 Å². The highest BCUT2D eigenvalue weighted by molar-refractivity contribution is 7.94. The zero-order valence-electron chi connectivity index (χ0n) is 18.1. The molecule has 1 aliphatic rings. The fourth-order valence-corrected chi connectivity index (χ4v) is 6.67. The molecule has 1 aromatic heterocycles. The van der Waals surface area contributed by atoms with E-state index in [-0.39, 0.29) is 36.3 Å². The van der Waals surface area contributed by atoms with Gasteiger partial charge >= 0.3 is 0 Å². The second-order valence-electron chi connectivity index (χ2n) is 7.56. The molecular formula is C23H23N3O5S3. The Hall–Kier alpha value is -2.99. The van der Waals surface area contributed by atoms with E-state index < -0.39 is 20.0 Å². The molecule has 0 aliphatic carbocycles. The molecule has 4 rings (SSSR count). The van der Waals surface area contributed by atoms with Gasteiger partial charge < -0.3 is 4.90 Å². The quantitative estimate of drug-likeness (QED) is 0.518. The highest BCUT2D eigenvalue weighted by Crippen LogP contribution is 2.21. The summed E-state index contributed by atoms with van der Waals surface area (Å²) in [6, 6.07) is 18.5. The number of amides is 1. The molecule has 0 atom stereocenters. The molecule has 2 aromatic carbocycles. The lowest BCUT2D eigenvalue weighted by molar-refractivity contribution is 0.0698. The summed E-state index contributed by atoms with van der Waals surface area (Å²) in [6.45, 7) is 0.936. The van der Waals surface area contributed by atoms with Crippen LogP contribution >= 0.6 is 11.3 Å². The smallest absolute Gasteiger partial charge is 0.271 e. The van der Waals surface area contributed by atoms with Crippen molar-refractivity contribution >= 4 is 49.1 Å². The van der Waals surface area contributed by atoms with Gasteiger partial charge in [0.05, 0.1) is 0 Å². The van der Waals surface area contributed by atoms with Crippen molar-refractivity contribution in [3.63, 3.8) is 0 Å². The Morgan fingerprint density at radius 2 is 1.53 bits per heavy atom. The molecule has 0 bridgehead atoms. The van der Waals surface area contributed by atoms with Gasteiger partial charge in [0.15, 0.2) is 0 Å². The van der Waals surface area contributed by atoms with Crippen molar-refractivity contribution in [1.82, 2.24) is 9.21 Å². The van der Waals surface area contributed by atoms with Crippen LogP contribution in [0.15, 0.2) is 81.7 Å². The first kappa shape index (κ1) is 24.1. The van der Waals surface area contributed by atoms with Crippen LogP contribution in [0, 0.1) is 0 Å². The van der Waals surface area contributed by atoms with Gasteiger partial charge in [-0.15, -0.1) is 11.3 Å². The number of rotatable bonds is 7. The maximum atomic E-state index is 12.9. The van der Waals surface area contributed by atoms with Gasteiger partial charge in [-0.1, -0.05) is 36.4 Å². The number of benzene rings is 2. The second kappa shape index (κ2) is 10.1. The monoisotopic (exact) mass is 517 g/mol.